The number of benzene rings is 1. The number of amides is 1. The first-order valence-electron chi connectivity index (χ1n) is 11.1. The molecule has 2 aromatic rings. The molecular weight excluding hydrogens is 412 g/mol. The minimum absolute atomic E-state index is 0.0219. The number of aromatic nitrogens is 1. The molecule has 0 saturated carbocycles. The van der Waals surface area contributed by atoms with E-state index in [4.69, 9.17) is 5.84 Å². The number of hydrogen-bond acceptors (Lipinski definition) is 8. The maximum absolute atomic E-state index is 12.0. The average Bonchev–Trinajstić information content (AvgIpc) is 3.19. The molecule has 0 unspecified atom stereocenters. The fourth-order valence-corrected chi connectivity index (χ4v) is 3.81. The van der Waals surface area contributed by atoms with Gasteiger partial charge >= 0.3 is 0 Å². The van der Waals surface area contributed by atoms with Crippen LogP contribution in [0.5, 0.6) is 0 Å². The molecule has 1 aliphatic heterocycles. The van der Waals surface area contributed by atoms with E-state index in [1.165, 1.54) is 11.3 Å². The summed E-state index contributed by atoms with van der Waals surface area (Å²) in [6, 6.07) is 7.92. The molecule has 1 amide bonds. The molecular formula is C22H38N6O2S. The zero-order chi connectivity index (χ0) is 22.9. The van der Waals surface area contributed by atoms with Crippen molar-refractivity contribution in [1.29, 1.82) is 0 Å². The van der Waals surface area contributed by atoms with E-state index in [0.29, 0.717) is 18.1 Å². The third kappa shape index (κ3) is 11.3. The van der Waals surface area contributed by atoms with E-state index in [0.717, 1.165) is 68.5 Å². The summed E-state index contributed by atoms with van der Waals surface area (Å²) in [7, 11) is 2.11. The van der Waals surface area contributed by atoms with Gasteiger partial charge in [0, 0.05) is 39.1 Å². The van der Waals surface area contributed by atoms with Crippen LogP contribution in [0.3, 0.4) is 0 Å². The van der Waals surface area contributed by atoms with Gasteiger partial charge in [-0.3, -0.25) is 21.0 Å². The summed E-state index contributed by atoms with van der Waals surface area (Å²) < 4.78 is 1.10. The standard InChI is InChI=1S/C14H18N4OS.C6H14N2O.C2H6/c1-17-6-8-18(9-7-17)10-13(19)16-14-15-11-4-2-3-5-12(11)20-14;7-8-5-3-1-2-4-6-9;1-2/h2-5H,6-10H2,1H3,(H,15,16,19);6,8H,1-5,7H2;1-2H3. The Morgan fingerprint density at radius 2 is 1.87 bits per heavy atom. The largest absolute Gasteiger partial charge is 0.304 e. The third-order valence-corrected chi connectivity index (χ3v) is 5.60. The molecule has 3 rings (SSSR count). The van der Waals surface area contributed by atoms with Gasteiger partial charge in [-0.1, -0.05) is 43.7 Å². The van der Waals surface area contributed by atoms with Gasteiger partial charge < -0.3 is 15.0 Å². The maximum Gasteiger partial charge on any atom is 0.240 e. The Balaban J connectivity index is 0.000000372. The van der Waals surface area contributed by atoms with E-state index in [1.807, 2.05) is 38.1 Å². The van der Waals surface area contributed by atoms with Gasteiger partial charge in [0.05, 0.1) is 16.8 Å². The van der Waals surface area contributed by atoms with Crippen LogP contribution in [0.15, 0.2) is 24.3 Å². The number of anilines is 1. The SMILES string of the molecule is CC.CN1CCN(CC(=O)Nc2nc3ccccc3s2)CC1.NNCCCCCC=O. The second kappa shape index (κ2) is 16.7. The number of unbranched alkanes of at least 4 members (excludes halogenated alkanes) is 3. The number of nitrogens with two attached hydrogens (primary N) is 1. The number of nitrogens with zero attached hydrogens (tertiary/aromatic N) is 3. The highest BCUT2D eigenvalue weighted by molar-refractivity contribution is 7.22. The molecule has 9 heteroatoms. The van der Waals surface area contributed by atoms with Gasteiger partial charge in [0.2, 0.25) is 5.91 Å². The number of likely N-dealkylation sites (N-methyl/N-ethyl adjacent to an activating group) is 1. The number of aldehydes is 1. The Labute approximate surface area is 190 Å². The molecule has 31 heavy (non-hydrogen) atoms. The fourth-order valence-electron chi connectivity index (χ4n) is 2.93. The predicted molar refractivity (Wildman–Crippen MR) is 130 cm³/mol. The molecule has 0 bridgehead atoms. The summed E-state index contributed by atoms with van der Waals surface area (Å²) in [4.78, 5) is 30.7. The van der Waals surface area contributed by atoms with Crippen LogP contribution in [0, 0.1) is 0 Å². The Kier molecular flexibility index (Phi) is 14.6. The van der Waals surface area contributed by atoms with Crippen molar-refractivity contribution < 1.29 is 9.59 Å². The van der Waals surface area contributed by atoms with Crippen LogP contribution in [0.2, 0.25) is 0 Å². The Hall–Kier alpha value is -1.91. The number of carbonyl (C=O) groups excluding carboxylic acids is 2. The van der Waals surface area contributed by atoms with E-state index < -0.39 is 0 Å². The van der Waals surface area contributed by atoms with E-state index in [2.05, 4.69) is 32.6 Å². The van der Waals surface area contributed by atoms with Crippen LogP contribution >= 0.6 is 11.3 Å². The lowest BCUT2D eigenvalue weighted by Gasteiger charge is -2.31. The molecule has 2 heterocycles. The minimum Gasteiger partial charge on any atom is -0.304 e. The topological polar surface area (TPSA) is 104 Å². The highest BCUT2D eigenvalue weighted by Crippen LogP contribution is 2.25. The molecule has 0 aliphatic carbocycles. The van der Waals surface area contributed by atoms with Crippen LogP contribution in [0.25, 0.3) is 10.2 Å². The maximum atomic E-state index is 12.0. The molecule has 1 aromatic heterocycles. The first-order valence-corrected chi connectivity index (χ1v) is 11.9. The van der Waals surface area contributed by atoms with Crippen molar-refractivity contribution in [2.24, 2.45) is 5.84 Å². The van der Waals surface area contributed by atoms with Crippen molar-refractivity contribution in [2.45, 2.75) is 39.5 Å². The van der Waals surface area contributed by atoms with Crippen LogP contribution < -0.4 is 16.6 Å². The van der Waals surface area contributed by atoms with Gasteiger partial charge in [-0.05, 0) is 32.0 Å². The van der Waals surface area contributed by atoms with E-state index in [9.17, 15) is 9.59 Å². The zero-order valence-electron chi connectivity index (χ0n) is 19.1. The number of carbonyl (C=O) groups is 2. The Bertz CT molecular complexity index is 713. The van der Waals surface area contributed by atoms with Crippen molar-refractivity contribution in [3.63, 3.8) is 0 Å². The summed E-state index contributed by atoms with van der Waals surface area (Å²) in [5.74, 6) is 5.05. The number of hydrazine groups is 1. The highest BCUT2D eigenvalue weighted by atomic mass is 32.1. The lowest BCUT2D eigenvalue weighted by Crippen LogP contribution is -2.47. The second-order valence-corrected chi connectivity index (χ2v) is 8.12. The molecule has 8 nitrogen and oxygen atoms in total. The number of para-hydroxylation sites is 1. The van der Waals surface area contributed by atoms with Gasteiger partial charge in [-0.2, -0.15) is 0 Å². The lowest BCUT2D eigenvalue weighted by atomic mass is 10.2. The van der Waals surface area contributed by atoms with E-state index >= 15 is 0 Å². The molecule has 174 valence electrons. The third-order valence-electron chi connectivity index (χ3n) is 4.65. The Morgan fingerprint density at radius 3 is 2.52 bits per heavy atom. The molecule has 4 N–H and O–H groups in total. The van der Waals surface area contributed by atoms with Crippen molar-refractivity contribution >= 4 is 38.9 Å². The average molecular weight is 451 g/mol. The molecule has 1 aromatic carbocycles. The summed E-state index contributed by atoms with van der Waals surface area (Å²) in [5, 5.41) is 3.59. The summed E-state index contributed by atoms with van der Waals surface area (Å²) in [6.07, 6.45) is 4.78. The van der Waals surface area contributed by atoms with Crippen LogP contribution in [-0.4, -0.2) is 73.3 Å². The molecule has 1 fully saturated rings. The summed E-state index contributed by atoms with van der Waals surface area (Å²) in [6.45, 7) is 9.24. The molecule has 0 atom stereocenters. The van der Waals surface area contributed by atoms with E-state index in [-0.39, 0.29) is 5.91 Å². The molecule has 0 spiro atoms. The van der Waals surface area contributed by atoms with Gasteiger partial charge in [0.25, 0.3) is 0 Å². The van der Waals surface area contributed by atoms with Crippen LogP contribution in [0.1, 0.15) is 39.5 Å². The van der Waals surface area contributed by atoms with E-state index in [1.54, 1.807) is 0 Å². The number of piperazine rings is 1. The normalized spacial score (nSPS) is 14.2. The molecule has 1 aliphatic rings. The lowest BCUT2D eigenvalue weighted by molar-refractivity contribution is -0.117. The number of thiazole rings is 1. The van der Waals surface area contributed by atoms with Gasteiger partial charge in [-0.15, -0.1) is 0 Å². The molecule has 0 radical (unpaired) electrons. The smallest absolute Gasteiger partial charge is 0.240 e. The van der Waals surface area contributed by atoms with Crippen molar-refractivity contribution in [2.75, 3.05) is 51.6 Å². The second-order valence-electron chi connectivity index (χ2n) is 7.08. The zero-order valence-corrected chi connectivity index (χ0v) is 19.9. The first-order chi connectivity index (χ1) is 15.1. The summed E-state index contributed by atoms with van der Waals surface area (Å²) >= 11 is 1.52. The van der Waals surface area contributed by atoms with Crippen LogP contribution in [0.4, 0.5) is 5.13 Å². The number of fused-ring (bicyclic) bond motifs is 1. The fraction of sp³-hybridized carbons (Fsp3) is 0.591. The monoisotopic (exact) mass is 450 g/mol. The van der Waals surface area contributed by atoms with Crippen molar-refractivity contribution in [3.8, 4) is 0 Å². The minimum atomic E-state index is 0.0219. The quantitative estimate of drug-likeness (QED) is 0.234. The van der Waals surface area contributed by atoms with Crippen molar-refractivity contribution in [1.82, 2.24) is 20.2 Å². The van der Waals surface area contributed by atoms with Gasteiger partial charge in [0.15, 0.2) is 5.13 Å². The Morgan fingerprint density at radius 1 is 1.16 bits per heavy atom. The first kappa shape index (κ1) is 27.1. The predicted octanol–water partition coefficient (Wildman–Crippen LogP) is 2.72. The number of rotatable bonds is 9. The number of hydrogen-bond donors (Lipinski definition) is 3. The molecule has 1 saturated heterocycles. The van der Waals surface area contributed by atoms with Gasteiger partial charge in [0.1, 0.15) is 6.29 Å². The van der Waals surface area contributed by atoms with Gasteiger partial charge in [-0.25, -0.2) is 4.98 Å². The summed E-state index contributed by atoms with van der Waals surface area (Å²) in [5.41, 5.74) is 3.49. The van der Waals surface area contributed by atoms with Crippen LogP contribution in [-0.2, 0) is 9.59 Å². The number of nitrogens with one attached hydrogen (secondary N) is 2. The van der Waals surface area contributed by atoms with Crippen molar-refractivity contribution in [3.05, 3.63) is 24.3 Å². The highest BCUT2D eigenvalue weighted by Gasteiger charge is 2.17.